The molecule has 0 bridgehead atoms. The van der Waals surface area contributed by atoms with Gasteiger partial charge in [0.05, 0.1) is 29.3 Å². The summed E-state index contributed by atoms with van der Waals surface area (Å²) in [6, 6.07) is 6.14. The number of aromatic nitrogens is 3. The molecule has 10 heteroatoms. The number of amides is 1. The largest absolute Gasteiger partial charge is 0.433 e. The van der Waals surface area contributed by atoms with Gasteiger partial charge in [-0.25, -0.2) is 9.50 Å². The molecule has 0 aliphatic carbocycles. The van der Waals surface area contributed by atoms with E-state index in [1.807, 2.05) is 0 Å². The normalized spacial score (nSPS) is 17.4. The van der Waals surface area contributed by atoms with Crippen molar-refractivity contribution in [3.8, 4) is 10.6 Å². The van der Waals surface area contributed by atoms with Gasteiger partial charge in [0, 0.05) is 32.2 Å². The van der Waals surface area contributed by atoms with Gasteiger partial charge in [-0.1, -0.05) is 6.07 Å². The molecule has 3 aromatic rings. The van der Waals surface area contributed by atoms with Gasteiger partial charge in [0.15, 0.2) is 11.3 Å². The molecule has 1 atom stereocenters. The Morgan fingerprint density at radius 2 is 2.21 bits per heavy atom. The minimum atomic E-state index is -4.56. The number of hydrogen-bond acceptors (Lipinski definition) is 5. The van der Waals surface area contributed by atoms with E-state index in [0.29, 0.717) is 43.1 Å². The second kappa shape index (κ2) is 7.75. The molecule has 29 heavy (non-hydrogen) atoms. The molecule has 0 N–H and O–H groups in total. The fraction of sp³-hybridized carbons (Fsp3) is 0.421. The van der Waals surface area contributed by atoms with Crippen molar-refractivity contribution in [1.82, 2.24) is 19.5 Å². The molecule has 0 unspecified atom stereocenters. The van der Waals surface area contributed by atoms with Crippen LogP contribution in [0.3, 0.4) is 0 Å². The lowest BCUT2D eigenvalue weighted by molar-refractivity contribution is -0.142. The van der Waals surface area contributed by atoms with E-state index in [9.17, 15) is 18.0 Å². The van der Waals surface area contributed by atoms with Crippen LogP contribution in [0.15, 0.2) is 29.6 Å². The Balaban J connectivity index is 1.66. The maximum Gasteiger partial charge on any atom is 0.433 e. The number of carbonyl (C=O) groups is 1. The Kier molecular flexibility index (Phi) is 5.30. The van der Waals surface area contributed by atoms with E-state index in [1.54, 1.807) is 28.5 Å². The molecule has 154 valence electrons. The first kappa shape index (κ1) is 19.8. The van der Waals surface area contributed by atoms with Crippen LogP contribution in [0.4, 0.5) is 13.2 Å². The molecule has 1 saturated heterocycles. The molecule has 0 saturated carbocycles. The smallest absolute Gasteiger partial charge is 0.384 e. The number of thiophene rings is 1. The second-order valence-electron chi connectivity index (χ2n) is 6.91. The Bertz CT molecular complexity index is 1020. The van der Waals surface area contributed by atoms with Gasteiger partial charge in [-0.3, -0.25) is 4.79 Å². The van der Waals surface area contributed by atoms with Crippen molar-refractivity contribution in [2.24, 2.45) is 0 Å². The molecule has 0 aromatic carbocycles. The fourth-order valence-corrected chi connectivity index (χ4v) is 4.21. The van der Waals surface area contributed by atoms with Gasteiger partial charge < -0.3 is 9.64 Å². The van der Waals surface area contributed by atoms with Crippen LogP contribution < -0.4 is 0 Å². The molecule has 4 rings (SSSR count). The summed E-state index contributed by atoms with van der Waals surface area (Å²) in [5.41, 5.74) is 0.0907. The van der Waals surface area contributed by atoms with Crippen LogP contribution in [-0.2, 0) is 15.7 Å². The van der Waals surface area contributed by atoms with Crippen LogP contribution in [0.2, 0.25) is 0 Å². The van der Waals surface area contributed by atoms with Crippen molar-refractivity contribution in [3.05, 3.63) is 41.0 Å². The molecule has 1 aliphatic rings. The summed E-state index contributed by atoms with van der Waals surface area (Å²) in [6.45, 7) is 1.34. The van der Waals surface area contributed by atoms with Crippen molar-refractivity contribution in [1.29, 1.82) is 0 Å². The van der Waals surface area contributed by atoms with Gasteiger partial charge >= 0.3 is 6.18 Å². The zero-order chi connectivity index (χ0) is 20.6. The predicted octanol–water partition coefficient (Wildman–Crippen LogP) is 3.83. The van der Waals surface area contributed by atoms with E-state index in [0.717, 1.165) is 10.6 Å². The topological polar surface area (TPSA) is 59.7 Å². The molecular formula is C19H19F3N4O2S. The van der Waals surface area contributed by atoms with Gasteiger partial charge in [0.25, 0.3) is 0 Å². The first-order chi connectivity index (χ1) is 13.9. The molecule has 0 spiro atoms. The number of fused-ring (bicyclic) bond motifs is 1. The average Bonchev–Trinajstić information content (AvgIpc) is 3.43. The van der Waals surface area contributed by atoms with Gasteiger partial charge in [0.2, 0.25) is 5.91 Å². The third-order valence-electron chi connectivity index (χ3n) is 4.99. The van der Waals surface area contributed by atoms with Gasteiger partial charge in [-0.05, 0) is 23.9 Å². The van der Waals surface area contributed by atoms with Crippen molar-refractivity contribution in [2.45, 2.75) is 24.9 Å². The van der Waals surface area contributed by atoms with E-state index in [-0.39, 0.29) is 23.2 Å². The zero-order valence-corrected chi connectivity index (χ0v) is 16.5. The maximum atomic E-state index is 13.7. The van der Waals surface area contributed by atoms with E-state index in [2.05, 4.69) is 10.1 Å². The SMILES string of the molecule is COCCC(=O)N1CC[C@H](c2cc3nc(-c4cccs4)cc(C(F)(F)F)n3n2)C1. The predicted molar refractivity (Wildman–Crippen MR) is 102 cm³/mol. The summed E-state index contributed by atoms with van der Waals surface area (Å²) < 4.78 is 46.8. The maximum absolute atomic E-state index is 13.7. The summed E-state index contributed by atoms with van der Waals surface area (Å²) in [4.78, 5) is 18.9. The number of likely N-dealkylation sites (tertiary alicyclic amines) is 1. The summed E-state index contributed by atoms with van der Waals surface area (Å²) in [7, 11) is 1.53. The van der Waals surface area contributed by atoms with Crippen LogP contribution in [0.1, 0.15) is 30.1 Å². The highest BCUT2D eigenvalue weighted by atomic mass is 32.1. The monoisotopic (exact) mass is 424 g/mol. The fourth-order valence-electron chi connectivity index (χ4n) is 3.52. The summed E-state index contributed by atoms with van der Waals surface area (Å²) in [5, 5.41) is 6.01. The summed E-state index contributed by atoms with van der Waals surface area (Å²) in [5.74, 6) is -0.137. The number of carbonyl (C=O) groups excluding carboxylic acids is 1. The molecule has 3 aromatic heterocycles. The number of methoxy groups -OCH3 is 1. The molecule has 1 fully saturated rings. The van der Waals surface area contributed by atoms with Crippen molar-refractivity contribution in [3.63, 3.8) is 0 Å². The lowest BCUT2D eigenvalue weighted by atomic mass is 10.1. The highest BCUT2D eigenvalue weighted by Gasteiger charge is 2.36. The second-order valence-corrected chi connectivity index (χ2v) is 7.86. The minimum Gasteiger partial charge on any atom is -0.384 e. The molecule has 1 aliphatic heterocycles. The van der Waals surface area contributed by atoms with Gasteiger partial charge in [0.1, 0.15) is 0 Å². The Morgan fingerprint density at radius 1 is 1.38 bits per heavy atom. The average molecular weight is 424 g/mol. The molecule has 4 heterocycles. The van der Waals surface area contributed by atoms with Crippen LogP contribution >= 0.6 is 11.3 Å². The molecule has 0 radical (unpaired) electrons. The van der Waals surface area contributed by atoms with Gasteiger partial charge in [-0.2, -0.15) is 18.3 Å². The van der Waals surface area contributed by atoms with E-state index < -0.39 is 11.9 Å². The first-order valence-electron chi connectivity index (χ1n) is 9.15. The van der Waals surface area contributed by atoms with Gasteiger partial charge in [-0.15, -0.1) is 11.3 Å². The molecule has 1 amide bonds. The first-order valence-corrected chi connectivity index (χ1v) is 10.0. The van der Waals surface area contributed by atoms with Crippen LogP contribution in [0.5, 0.6) is 0 Å². The van der Waals surface area contributed by atoms with Crippen LogP contribution in [-0.4, -0.2) is 52.2 Å². The van der Waals surface area contributed by atoms with Crippen LogP contribution in [0.25, 0.3) is 16.2 Å². The lowest BCUT2D eigenvalue weighted by Gasteiger charge is -2.15. The standard InChI is InChI=1S/C19H19F3N4O2S/c1-28-7-5-18(27)25-6-4-12(11-25)13-10-17-23-14(15-3-2-8-29-15)9-16(19(20,21)22)26(17)24-13/h2-3,8-10,12H,4-7,11H2,1H3/t12-/m0/s1. The zero-order valence-electron chi connectivity index (χ0n) is 15.6. The number of alkyl halides is 3. The van der Waals surface area contributed by atoms with Crippen molar-refractivity contribution < 1.29 is 22.7 Å². The number of rotatable bonds is 5. The van der Waals surface area contributed by atoms with Crippen molar-refractivity contribution >= 4 is 22.9 Å². The number of ether oxygens (including phenoxy) is 1. The minimum absolute atomic E-state index is 0.0211. The molecule has 6 nitrogen and oxygen atoms in total. The van der Waals surface area contributed by atoms with Crippen LogP contribution in [0, 0.1) is 0 Å². The van der Waals surface area contributed by atoms with E-state index >= 15 is 0 Å². The number of hydrogen-bond donors (Lipinski definition) is 0. The lowest BCUT2D eigenvalue weighted by Crippen LogP contribution is -2.29. The van der Waals surface area contributed by atoms with E-state index in [1.165, 1.54) is 18.4 Å². The summed E-state index contributed by atoms with van der Waals surface area (Å²) in [6.07, 6.45) is -3.62. The quantitative estimate of drug-likeness (QED) is 0.625. The van der Waals surface area contributed by atoms with Crippen molar-refractivity contribution in [2.75, 3.05) is 26.8 Å². The third-order valence-corrected chi connectivity index (χ3v) is 5.88. The highest BCUT2D eigenvalue weighted by molar-refractivity contribution is 7.13. The number of halogens is 3. The Hall–Kier alpha value is -2.46. The highest BCUT2D eigenvalue weighted by Crippen LogP contribution is 2.35. The Labute approximate surface area is 168 Å². The third kappa shape index (κ3) is 3.99. The number of nitrogens with zero attached hydrogens (tertiary/aromatic N) is 4. The molecular weight excluding hydrogens is 405 g/mol. The Morgan fingerprint density at radius 3 is 2.90 bits per heavy atom. The van der Waals surface area contributed by atoms with E-state index in [4.69, 9.17) is 4.74 Å². The summed E-state index contributed by atoms with van der Waals surface area (Å²) >= 11 is 1.33.